The number of hydrogen-bond acceptors (Lipinski definition) is 3. The lowest BCUT2D eigenvalue weighted by atomic mass is 9.67. The summed E-state index contributed by atoms with van der Waals surface area (Å²) >= 11 is 0. The summed E-state index contributed by atoms with van der Waals surface area (Å²) in [4.78, 5) is 28.2. The molecule has 1 saturated heterocycles. The van der Waals surface area contributed by atoms with Crippen molar-refractivity contribution in [3.8, 4) is 0 Å². The van der Waals surface area contributed by atoms with E-state index in [1.54, 1.807) is 0 Å². The van der Waals surface area contributed by atoms with Crippen LogP contribution in [0, 0.1) is 5.92 Å². The number of carbonyl (C=O) groups is 2. The Balaban J connectivity index is 1.26. The van der Waals surface area contributed by atoms with Crippen molar-refractivity contribution in [3.05, 3.63) is 120 Å². The summed E-state index contributed by atoms with van der Waals surface area (Å²) in [6.45, 7) is 8.28. The first-order valence-electron chi connectivity index (χ1n) is 15.1. The molecular formula is C36H45N3O2. The van der Waals surface area contributed by atoms with Crippen molar-refractivity contribution in [2.45, 2.75) is 50.4 Å². The Morgan fingerprint density at radius 2 is 1.39 bits per heavy atom. The van der Waals surface area contributed by atoms with Gasteiger partial charge in [-0.05, 0) is 54.8 Å². The molecular weight excluding hydrogens is 506 g/mol. The van der Waals surface area contributed by atoms with Crippen molar-refractivity contribution in [2.75, 3.05) is 32.7 Å². The smallest absolute Gasteiger partial charge is 0.221 e. The Hall–Kier alpha value is -3.70. The number of nitrogens with zero attached hydrogens (tertiary/aromatic N) is 1. The van der Waals surface area contributed by atoms with Crippen LogP contribution >= 0.6 is 0 Å². The van der Waals surface area contributed by atoms with E-state index in [9.17, 15) is 9.59 Å². The monoisotopic (exact) mass is 551 g/mol. The number of piperidine rings is 1. The van der Waals surface area contributed by atoms with E-state index < -0.39 is 5.41 Å². The average molecular weight is 552 g/mol. The predicted molar refractivity (Wildman–Crippen MR) is 168 cm³/mol. The van der Waals surface area contributed by atoms with Crippen molar-refractivity contribution >= 4 is 11.8 Å². The van der Waals surface area contributed by atoms with E-state index in [0.29, 0.717) is 25.3 Å². The number of amides is 2. The average Bonchev–Trinajstić information content (AvgIpc) is 3.02. The number of benzene rings is 3. The second kappa shape index (κ2) is 15.9. The number of likely N-dealkylation sites (tertiary alicyclic amines) is 1. The lowest BCUT2D eigenvalue weighted by Crippen LogP contribution is -2.40. The van der Waals surface area contributed by atoms with E-state index in [0.717, 1.165) is 62.1 Å². The first-order chi connectivity index (χ1) is 20.1. The number of unbranched alkanes of at least 4 members (excludes halogenated alkanes) is 2. The van der Waals surface area contributed by atoms with Crippen molar-refractivity contribution < 1.29 is 9.59 Å². The maximum atomic E-state index is 13.4. The summed E-state index contributed by atoms with van der Waals surface area (Å²) in [5.74, 6) is 0.683. The number of rotatable bonds is 15. The highest BCUT2D eigenvalue weighted by Crippen LogP contribution is 2.42. The second-order valence-electron chi connectivity index (χ2n) is 11.2. The molecule has 1 heterocycles. The molecule has 5 heteroatoms. The SMILES string of the molecule is C=CCN1CCCC(CNC(=O)CCCCCNC(=O)CC(c2ccccc2)(c2ccccc2)c2ccccc2)C1. The van der Waals surface area contributed by atoms with Crippen LogP contribution < -0.4 is 10.6 Å². The summed E-state index contributed by atoms with van der Waals surface area (Å²) in [5, 5.41) is 6.30. The van der Waals surface area contributed by atoms with Gasteiger partial charge in [0.15, 0.2) is 0 Å². The normalized spacial score (nSPS) is 15.7. The lowest BCUT2D eigenvalue weighted by molar-refractivity contribution is -0.122. The highest BCUT2D eigenvalue weighted by Gasteiger charge is 2.38. The molecule has 3 aromatic rings. The van der Waals surface area contributed by atoms with Gasteiger partial charge in [-0.2, -0.15) is 0 Å². The molecule has 0 radical (unpaired) electrons. The summed E-state index contributed by atoms with van der Waals surface area (Å²) in [6, 6.07) is 31.0. The third-order valence-electron chi connectivity index (χ3n) is 8.21. The fourth-order valence-electron chi connectivity index (χ4n) is 6.11. The molecule has 1 atom stereocenters. The zero-order valence-electron chi connectivity index (χ0n) is 24.3. The van der Waals surface area contributed by atoms with E-state index >= 15 is 0 Å². The van der Waals surface area contributed by atoms with E-state index in [4.69, 9.17) is 0 Å². The number of hydrogen-bond donors (Lipinski definition) is 2. The van der Waals surface area contributed by atoms with Gasteiger partial charge in [-0.15, -0.1) is 6.58 Å². The van der Waals surface area contributed by atoms with Gasteiger partial charge in [0.05, 0.1) is 5.41 Å². The fourth-order valence-corrected chi connectivity index (χ4v) is 6.11. The summed E-state index contributed by atoms with van der Waals surface area (Å²) in [5.41, 5.74) is 2.70. The highest BCUT2D eigenvalue weighted by molar-refractivity contribution is 5.80. The van der Waals surface area contributed by atoms with E-state index in [-0.39, 0.29) is 11.8 Å². The van der Waals surface area contributed by atoms with Gasteiger partial charge in [-0.3, -0.25) is 14.5 Å². The first kappa shape index (κ1) is 30.3. The Morgan fingerprint density at radius 3 is 1.95 bits per heavy atom. The molecule has 0 aromatic heterocycles. The van der Waals surface area contributed by atoms with Crippen LogP contribution in [0.1, 0.15) is 61.6 Å². The van der Waals surface area contributed by atoms with E-state index in [2.05, 4.69) is 58.5 Å². The minimum atomic E-state index is -0.590. The molecule has 0 saturated carbocycles. The van der Waals surface area contributed by atoms with Gasteiger partial charge in [0.2, 0.25) is 11.8 Å². The molecule has 1 fully saturated rings. The van der Waals surface area contributed by atoms with Gasteiger partial charge in [-0.1, -0.05) is 103 Å². The van der Waals surface area contributed by atoms with Crippen molar-refractivity contribution in [1.29, 1.82) is 0 Å². The quantitative estimate of drug-likeness (QED) is 0.136. The third kappa shape index (κ3) is 8.64. The maximum absolute atomic E-state index is 13.4. The van der Waals surface area contributed by atoms with Gasteiger partial charge in [0.1, 0.15) is 0 Å². The van der Waals surface area contributed by atoms with Crippen LogP contribution in [0.3, 0.4) is 0 Å². The summed E-state index contributed by atoms with van der Waals surface area (Å²) < 4.78 is 0. The molecule has 5 nitrogen and oxygen atoms in total. The van der Waals surface area contributed by atoms with Gasteiger partial charge in [0.25, 0.3) is 0 Å². The first-order valence-corrected chi connectivity index (χ1v) is 15.1. The third-order valence-corrected chi connectivity index (χ3v) is 8.21. The van der Waals surface area contributed by atoms with Crippen LogP contribution in [0.5, 0.6) is 0 Å². The summed E-state index contributed by atoms with van der Waals surface area (Å²) in [7, 11) is 0. The lowest BCUT2D eigenvalue weighted by Gasteiger charge is -2.35. The molecule has 1 unspecified atom stereocenters. The van der Waals surface area contributed by atoms with Crippen molar-refractivity contribution in [3.63, 3.8) is 0 Å². The molecule has 216 valence electrons. The van der Waals surface area contributed by atoms with Crippen LogP contribution in [0.15, 0.2) is 104 Å². The number of carbonyl (C=O) groups excluding carboxylic acids is 2. The molecule has 3 aromatic carbocycles. The Kier molecular flexibility index (Phi) is 11.8. The predicted octanol–water partition coefficient (Wildman–Crippen LogP) is 6.10. The van der Waals surface area contributed by atoms with Gasteiger partial charge >= 0.3 is 0 Å². The zero-order chi connectivity index (χ0) is 28.8. The molecule has 2 N–H and O–H groups in total. The molecule has 41 heavy (non-hydrogen) atoms. The Bertz CT molecular complexity index is 1120. The standard InChI is InChI=1S/C36H45N3O2/c1-2-25-39-26-15-16-30(29-39)28-38-34(40)23-13-6-14-24-37-35(41)27-36(31-17-7-3-8-18-31,32-19-9-4-10-20-32)33-21-11-5-12-22-33/h2-5,7-12,17-22,30H,1,6,13-16,23-29H2,(H,37,41)(H,38,40). The zero-order valence-corrected chi connectivity index (χ0v) is 24.3. The van der Waals surface area contributed by atoms with Crippen LogP contribution in [-0.2, 0) is 15.0 Å². The Morgan fingerprint density at radius 1 is 0.805 bits per heavy atom. The van der Waals surface area contributed by atoms with Crippen molar-refractivity contribution in [1.82, 2.24) is 15.5 Å². The molecule has 0 spiro atoms. The number of nitrogens with one attached hydrogen (secondary N) is 2. The molecule has 0 bridgehead atoms. The van der Waals surface area contributed by atoms with Crippen LogP contribution in [0.2, 0.25) is 0 Å². The van der Waals surface area contributed by atoms with Crippen LogP contribution in [-0.4, -0.2) is 49.4 Å². The topological polar surface area (TPSA) is 61.4 Å². The van der Waals surface area contributed by atoms with Gasteiger partial charge in [0, 0.05) is 39.0 Å². The van der Waals surface area contributed by atoms with Crippen LogP contribution in [0.25, 0.3) is 0 Å². The Labute approximate surface area is 246 Å². The maximum Gasteiger partial charge on any atom is 0.221 e. The van der Waals surface area contributed by atoms with E-state index in [1.807, 2.05) is 60.7 Å². The largest absolute Gasteiger partial charge is 0.356 e. The molecule has 2 amide bonds. The fraction of sp³-hybridized carbons (Fsp3) is 0.389. The summed E-state index contributed by atoms with van der Waals surface area (Å²) in [6.07, 6.45) is 7.76. The van der Waals surface area contributed by atoms with Crippen molar-refractivity contribution in [2.24, 2.45) is 5.92 Å². The molecule has 1 aliphatic rings. The van der Waals surface area contributed by atoms with Gasteiger partial charge in [-0.25, -0.2) is 0 Å². The second-order valence-corrected chi connectivity index (χ2v) is 11.2. The van der Waals surface area contributed by atoms with E-state index in [1.165, 1.54) is 12.8 Å². The molecule has 4 rings (SSSR count). The molecule has 1 aliphatic heterocycles. The van der Waals surface area contributed by atoms with Gasteiger partial charge < -0.3 is 10.6 Å². The highest BCUT2D eigenvalue weighted by atomic mass is 16.2. The van der Waals surface area contributed by atoms with Crippen LogP contribution in [0.4, 0.5) is 0 Å². The molecule has 0 aliphatic carbocycles. The minimum absolute atomic E-state index is 0.0253. The minimum Gasteiger partial charge on any atom is -0.356 e.